The lowest BCUT2D eigenvalue weighted by atomic mass is 9.81. The van der Waals surface area contributed by atoms with Gasteiger partial charge < -0.3 is 9.47 Å². The molecule has 0 aromatic heterocycles. The molecule has 3 rings (SSSR count). The number of esters is 2. The Morgan fingerprint density at radius 2 is 1.57 bits per heavy atom. The van der Waals surface area contributed by atoms with Crippen LogP contribution in [0.2, 0.25) is 0 Å². The number of thioether (sulfide) groups is 1. The molecular weight excluding hydrogens is 406 g/mol. The second-order valence-electron chi connectivity index (χ2n) is 6.83. The van der Waals surface area contributed by atoms with Crippen LogP contribution in [0.4, 0.5) is 5.69 Å². The van der Waals surface area contributed by atoms with Crippen molar-refractivity contribution in [1.82, 2.24) is 0 Å². The van der Waals surface area contributed by atoms with E-state index >= 15 is 0 Å². The van der Waals surface area contributed by atoms with E-state index < -0.39 is 27.5 Å². The number of carbonyl (C=O) groups is 2. The van der Waals surface area contributed by atoms with Crippen LogP contribution in [0.5, 0.6) is 0 Å². The Balaban J connectivity index is 2.07. The third kappa shape index (κ3) is 4.05. The number of nitro groups is 1. The van der Waals surface area contributed by atoms with Crippen molar-refractivity contribution in [2.24, 2.45) is 0 Å². The fourth-order valence-electron chi connectivity index (χ4n) is 3.75. The van der Waals surface area contributed by atoms with E-state index in [1.165, 1.54) is 23.9 Å². The van der Waals surface area contributed by atoms with Gasteiger partial charge in [-0.25, -0.2) is 9.59 Å². The van der Waals surface area contributed by atoms with Crippen LogP contribution in [0.25, 0.3) is 0 Å². The second-order valence-corrected chi connectivity index (χ2v) is 8.28. The molecule has 0 spiro atoms. The molecule has 1 aliphatic rings. The highest BCUT2D eigenvalue weighted by atomic mass is 32.2. The molecule has 0 saturated carbocycles. The van der Waals surface area contributed by atoms with Gasteiger partial charge in [0.15, 0.2) is 0 Å². The molecule has 158 valence electrons. The van der Waals surface area contributed by atoms with Crippen LogP contribution in [-0.2, 0) is 19.1 Å². The minimum absolute atomic E-state index is 0.0107. The fourth-order valence-corrected chi connectivity index (χ4v) is 5.48. The zero-order valence-corrected chi connectivity index (χ0v) is 17.6. The van der Waals surface area contributed by atoms with Gasteiger partial charge in [-0.2, -0.15) is 0 Å². The first kappa shape index (κ1) is 21.8. The molecule has 2 aromatic rings. The van der Waals surface area contributed by atoms with E-state index in [1.54, 1.807) is 26.0 Å². The monoisotopic (exact) mass is 429 g/mol. The number of carbonyl (C=O) groups excluding carboxylic acids is 2. The molecule has 1 heterocycles. The van der Waals surface area contributed by atoms with E-state index in [9.17, 15) is 19.7 Å². The lowest BCUT2D eigenvalue weighted by Crippen LogP contribution is -2.48. The highest BCUT2D eigenvalue weighted by Crippen LogP contribution is 2.60. The van der Waals surface area contributed by atoms with E-state index in [4.69, 9.17) is 9.47 Å². The molecule has 1 aliphatic heterocycles. The number of benzene rings is 2. The summed E-state index contributed by atoms with van der Waals surface area (Å²) in [6, 6.07) is 15.6. The molecule has 0 bridgehead atoms. The van der Waals surface area contributed by atoms with E-state index in [1.807, 2.05) is 30.3 Å². The maximum absolute atomic E-state index is 13.2. The smallest absolute Gasteiger partial charge is 0.334 e. The first-order valence-electron chi connectivity index (χ1n) is 9.75. The van der Waals surface area contributed by atoms with Gasteiger partial charge in [0.2, 0.25) is 4.75 Å². The van der Waals surface area contributed by atoms with Gasteiger partial charge in [-0.15, -0.1) is 11.8 Å². The minimum Gasteiger partial charge on any atom is -0.464 e. The quantitative estimate of drug-likeness (QED) is 0.278. The molecule has 0 aliphatic carbocycles. The Hall–Kier alpha value is -2.87. The number of non-ortho nitro benzene ring substituents is 1. The van der Waals surface area contributed by atoms with Crippen LogP contribution >= 0.6 is 11.8 Å². The van der Waals surface area contributed by atoms with Crippen LogP contribution in [0.15, 0.2) is 54.6 Å². The predicted molar refractivity (Wildman–Crippen MR) is 113 cm³/mol. The molecule has 8 heteroatoms. The molecule has 7 nitrogen and oxygen atoms in total. The van der Waals surface area contributed by atoms with Crippen molar-refractivity contribution in [3.63, 3.8) is 0 Å². The highest BCUT2D eigenvalue weighted by Gasteiger charge is 2.62. The number of nitrogens with zero attached hydrogens (tertiary/aromatic N) is 1. The fraction of sp³-hybridized carbons (Fsp3) is 0.364. The average Bonchev–Trinajstić information content (AvgIpc) is 3.17. The van der Waals surface area contributed by atoms with Crippen LogP contribution in [-0.4, -0.2) is 34.8 Å². The minimum atomic E-state index is -1.54. The summed E-state index contributed by atoms with van der Waals surface area (Å²) in [6.07, 6.45) is 0.490. The zero-order valence-electron chi connectivity index (χ0n) is 16.8. The molecule has 1 fully saturated rings. The van der Waals surface area contributed by atoms with Gasteiger partial charge in [0.05, 0.1) is 18.1 Å². The van der Waals surface area contributed by atoms with Gasteiger partial charge in [-0.1, -0.05) is 42.5 Å². The SMILES string of the molecule is CCOC(=O)C1(C(=O)OCC)S[C@@H](c2ccc([N+](=O)[O-])cc2)C[C@@H]1c1ccccc1. The summed E-state index contributed by atoms with van der Waals surface area (Å²) in [7, 11) is 0. The standard InChI is InChI=1S/C22H23NO6S/c1-3-28-20(24)22(21(25)29-4-2)18(15-8-6-5-7-9-15)14-19(30-22)16-10-12-17(13-11-16)23(26)27/h5-13,18-19H,3-4,14H2,1-2H3/t18-,19-/m1/s1. The molecule has 0 amide bonds. The van der Waals surface area contributed by atoms with Crippen LogP contribution in [0.1, 0.15) is 42.6 Å². The Morgan fingerprint density at radius 1 is 1.00 bits per heavy atom. The van der Waals surface area contributed by atoms with Crippen LogP contribution in [0, 0.1) is 10.1 Å². The van der Waals surface area contributed by atoms with Crippen molar-refractivity contribution in [2.75, 3.05) is 13.2 Å². The Bertz CT molecular complexity index is 897. The first-order valence-corrected chi connectivity index (χ1v) is 10.6. The van der Waals surface area contributed by atoms with Gasteiger partial charge in [0, 0.05) is 23.3 Å². The maximum atomic E-state index is 13.2. The summed E-state index contributed by atoms with van der Waals surface area (Å²) >= 11 is 1.21. The summed E-state index contributed by atoms with van der Waals surface area (Å²) in [6.45, 7) is 3.68. The Kier molecular flexibility index (Phi) is 6.77. The summed E-state index contributed by atoms with van der Waals surface area (Å²) in [5.41, 5.74) is 1.64. The second kappa shape index (κ2) is 9.30. The summed E-state index contributed by atoms with van der Waals surface area (Å²) in [5.74, 6) is -1.69. The maximum Gasteiger partial charge on any atom is 0.334 e. The lowest BCUT2D eigenvalue weighted by Gasteiger charge is -2.30. The van der Waals surface area contributed by atoms with Crippen LogP contribution < -0.4 is 0 Å². The molecule has 0 N–H and O–H groups in total. The van der Waals surface area contributed by atoms with Crippen molar-refractivity contribution in [2.45, 2.75) is 36.2 Å². The zero-order chi connectivity index (χ0) is 21.7. The third-order valence-corrected chi connectivity index (χ3v) is 6.84. The summed E-state index contributed by atoms with van der Waals surface area (Å²) in [5, 5.41) is 10.7. The number of nitro benzene ring substituents is 1. The van der Waals surface area contributed by atoms with E-state index in [2.05, 4.69) is 0 Å². The van der Waals surface area contributed by atoms with Gasteiger partial charge in [-0.05, 0) is 31.4 Å². The van der Waals surface area contributed by atoms with Gasteiger partial charge in [0.25, 0.3) is 5.69 Å². The van der Waals surface area contributed by atoms with E-state index in [-0.39, 0.29) is 24.2 Å². The third-order valence-electron chi connectivity index (χ3n) is 5.10. The number of hydrogen-bond donors (Lipinski definition) is 0. The molecule has 0 unspecified atom stereocenters. The molecule has 2 aromatic carbocycles. The predicted octanol–water partition coefficient (Wildman–Crippen LogP) is 4.42. The normalized spacial score (nSPS) is 19.8. The average molecular weight is 429 g/mol. The largest absolute Gasteiger partial charge is 0.464 e. The number of hydrogen-bond acceptors (Lipinski definition) is 7. The van der Waals surface area contributed by atoms with Crippen molar-refractivity contribution < 1.29 is 24.0 Å². The first-order chi connectivity index (χ1) is 14.4. The van der Waals surface area contributed by atoms with Crippen LogP contribution in [0.3, 0.4) is 0 Å². The molecule has 2 atom stereocenters. The molecule has 1 saturated heterocycles. The summed E-state index contributed by atoms with van der Waals surface area (Å²) in [4.78, 5) is 36.8. The number of ether oxygens (including phenoxy) is 2. The van der Waals surface area contributed by atoms with Crippen molar-refractivity contribution >= 4 is 29.4 Å². The van der Waals surface area contributed by atoms with Crippen molar-refractivity contribution in [1.29, 1.82) is 0 Å². The summed E-state index contributed by atoms with van der Waals surface area (Å²) < 4.78 is 9.12. The molecule has 0 radical (unpaired) electrons. The van der Waals surface area contributed by atoms with Crippen molar-refractivity contribution in [3.8, 4) is 0 Å². The lowest BCUT2D eigenvalue weighted by molar-refractivity contribution is -0.384. The highest BCUT2D eigenvalue weighted by molar-refractivity contribution is 8.02. The Morgan fingerprint density at radius 3 is 2.07 bits per heavy atom. The van der Waals surface area contributed by atoms with Gasteiger partial charge in [0.1, 0.15) is 0 Å². The Labute approximate surface area is 178 Å². The molecular formula is C22H23NO6S. The van der Waals surface area contributed by atoms with Gasteiger partial charge in [-0.3, -0.25) is 10.1 Å². The van der Waals surface area contributed by atoms with Gasteiger partial charge >= 0.3 is 11.9 Å². The van der Waals surface area contributed by atoms with Crippen molar-refractivity contribution in [3.05, 3.63) is 75.8 Å². The topological polar surface area (TPSA) is 95.7 Å². The van der Waals surface area contributed by atoms with E-state index in [0.717, 1.165) is 11.1 Å². The molecule has 30 heavy (non-hydrogen) atoms. The number of rotatable bonds is 7. The van der Waals surface area contributed by atoms with E-state index in [0.29, 0.717) is 6.42 Å².